The first-order valence-corrected chi connectivity index (χ1v) is 6.49. The van der Waals surface area contributed by atoms with Gasteiger partial charge in [0.25, 0.3) is 0 Å². The van der Waals surface area contributed by atoms with Crippen LogP contribution in [0, 0.1) is 0 Å². The Morgan fingerprint density at radius 3 is 2.39 bits per heavy atom. The van der Waals surface area contributed by atoms with Gasteiger partial charge in [-0.3, -0.25) is 9.32 Å². The maximum Gasteiger partial charge on any atom is 0.469 e. The van der Waals surface area contributed by atoms with Crippen LogP contribution >= 0.6 is 7.82 Å². The zero-order valence-electron chi connectivity index (χ0n) is 9.59. The first-order valence-electron chi connectivity index (χ1n) is 4.96. The number of aliphatic hydroxyl groups is 2. The van der Waals surface area contributed by atoms with E-state index in [-0.39, 0.29) is 12.7 Å². The predicted octanol–water partition coefficient (Wildman–Crippen LogP) is -2.09. The van der Waals surface area contributed by atoms with Crippen molar-refractivity contribution >= 4 is 20.0 Å². The molecule has 18 heavy (non-hydrogen) atoms. The van der Waals surface area contributed by atoms with Gasteiger partial charge in [0.1, 0.15) is 18.4 Å². The third-order valence-corrected chi connectivity index (χ3v) is 2.47. The third kappa shape index (κ3) is 7.49. The molecule has 0 aliphatic heterocycles. The maximum absolute atomic E-state index is 10.7. The van der Waals surface area contributed by atoms with E-state index in [2.05, 4.69) is 9.84 Å². The highest BCUT2D eigenvalue weighted by molar-refractivity contribution is 7.46. The number of carbonyl (C=O) groups excluding carboxylic acids is 2. The molecule has 0 saturated carbocycles. The molecule has 3 atom stereocenters. The fourth-order valence-electron chi connectivity index (χ4n) is 1.14. The number of aldehydes is 1. The van der Waals surface area contributed by atoms with Gasteiger partial charge in [0.05, 0.1) is 12.7 Å². The molecule has 1 amide bonds. The Morgan fingerprint density at radius 2 is 2.00 bits per heavy atom. The number of carbonyl (C=O) groups is 2. The van der Waals surface area contributed by atoms with Crippen LogP contribution in [0.4, 0.5) is 0 Å². The molecule has 106 valence electrons. The smallest absolute Gasteiger partial charge is 0.390 e. The first kappa shape index (κ1) is 17.2. The summed E-state index contributed by atoms with van der Waals surface area (Å²) in [6, 6.07) is -1.30. The molecule has 0 aromatic carbocycles. The van der Waals surface area contributed by atoms with Crippen LogP contribution in [0.2, 0.25) is 0 Å². The summed E-state index contributed by atoms with van der Waals surface area (Å²) in [7, 11) is -4.64. The number of aliphatic hydroxyl groups excluding tert-OH is 2. The highest BCUT2D eigenvalue weighted by atomic mass is 31.2. The quantitative estimate of drug-likeness (QED) is 0.251. The minimum absolute atomic E-state index is 0.249. The summed E-state index contributed by atoms with van der Waals surface area (Å²) in [5.74, 6) is -0.565. The van der Waals surface area contributed by atoms with Gasteiger partial charge < -0.3 is 30.1 Å². The summed E-state index contributed by atoms with van der Waals surface area (Å²) in [4.78, 5) is 38.0. The molecule has 0 aromatic heterocycles. The van der Waals surface area contributed by atoms with Gasteiger partial charge in [-0.25, -0.2) is 4.57 Å². The molecule has 0 radical (unpaired) electrons. The third-order valence-electron chi connectivity index (χ3n) is 1.95. The van der Waals surface area contributed by atoms with Crippen molar-refractivity contribution in [1.29, 1.82) is 0 Å². The zero-order valence-corrected chi connectivity index (χ0v) is 10.5. The number of rotatable bonds is 8. The number of phosphoric ester groups is 1. The predicted molar refractivity (Wildman–Crippen MR) is 58.3 cm³/mol. The summed E-state index contributed by atoms with van der Waals surface area (Å²) in [6.07, 6.45) is -3.12. The minimum atomic E-state index is -4.64. The van der Waals surface area contributed by atoms with Crippen molar-refractivity contribution < 1.29 is 38.7 Å². The summed E-state index contributed by atoms with van der Waals surface area (Å²) in [5.41, 5.74) is 0. The van der Waals surface area contributed by atoms with Crippen LogP contribution in [0.3, 0.4) is 0 Å². The van der Waals surface area contributed by atoms with Gasteiger partial charge in [-0.1, -0.05) is 0 Å². The second kappa shape index (κ2) is 7.57. The van der Waals surface area contributed by atoms with Gasteiger partial charge in [0.15, 0.2) is 0 Å². The van der Waals surface area contributed by atoms with Crippen molar-refractivity contribution in [1.82, 2.24) is 5.32 Å². The molecule has 0 fully saturated rings. The number of hydrogen-bond donors (Lipinski definition) is 5. The Hall–Kier alpha value is -0.830. The summed E-state index contributed by atoms with van der Waals surface area (Å²) in [6.45, 7) is 0.626. The SMILES string of the molecule is CC(=O)N[C@H](C=O)[C@@H](O)[C@H](O)CCOP(=O)(O)O. The number of nitrogens with one attached hydrogen (secondary N) is 1. The average Bonchev–Trinajstić information content (AvgIpc) is 2.22. The summed E-state index contributed by atoms with van der Waals surface area (Å²) >= 11 is 0. The van der Waals surface area contributed by atoms with Crippen LogP contribution in [-0.2, 0) is 18.7 Å². The van der Waals surface area contributed by atoms with Crippen LogP contribution in [0.1, 0.15) is 13.3 Å². The molecule has 0 spiro atoms. The van der Waals surface area contributed by atoms with Crippen LogP contribution < -0.4 is 5.32 Å². The van der Waals surface area contributed by atoms with Crippen molar-refractivity contribution in [2.45, 2.75) is 31.6 Å². The first-order chi connectivity index (χ1) is 8.17. The van der Waals surface area contributed by atoms with Gasteiger partial charge in [-0.2, -0.15) is 0 Å². The molecule has 0 bridgehead atoms. The van der Waals surface area contributed by atoms with Crippen molar-refractivity contribution in [3.05, 3.63) is 0 Å². The topological polar surface area (TPSA) is 153 Å². The van der Waals surface area contributed by atoms with Crippen molar-refractivity contribution in [3.8, 4) is 0 Å². The average molecular weight is 285 g/mol. The molecule has 0 aliphatic carbocycles. The fraction of sp³-hybridized carbons (Fsp3) is 0.750. The highest BCUT2D eigenvalue weighted by Crippen LogP contribution is 2.35. The molecule has 0 saturated heterocycles. The number of amides is 1. The molecule has 0 aromatic rings. The second-order valence-electron chi connectivity index (χ2n) is 3.53. The van der Waals surface area contributed by atoms with Gasteiger partial charge in [-0.05, 0) is 6.42 Å². The van der Waals surface area contributed by atoms with E-state index < -0.39 is 38.6 Å². The van der Waals surface area contributed by atoms with Gasteiger partial charge >= 0.3 is 7.82 Å². The largest absolute Gasteiger partial charge is 0.469 e. The van der Waals surface area contributed by atoms with E-state index in [1.54, 1.807) is 0 Å². The second-order valence-corrected chi connectivity index (χ2v) is 4.77. The van der Waals surface area contributed by atoms with Crippen LogP contribution in [-0.4, -0.2) is 57.0 Å². The van der Waals surface area contributed by atoms with Crippen molar-refractivity contribution in [3.63, 3.8) is 0 Å². The van der Waals surface area contributed by atoms with Gasteiger partial charge in [-0.15, -0.1) is 0 Å². The monoisotopic (exact) mass is 285 g/mol. The van der Waals surface area contributed by atoms with Crippen LogP contribution in [0.5, 0.6) is 0 Å². The van der Waals surface area contributed by atoms with E-state index in [9.17, 15) is 24.4 Å². The van der Waals surface area contributed by atoms with E-state index in [4.69, 9.17) is 9.79 Å². The van der Waals surface area contributed by atoms with E-state index in [0.717, 1.165) is 6.92 Å². The molecule has 5 N–H and O–H groups in total. The van der Waals surface area contributed by atoms with E-state index in [0.29, 0.717) is 0 Å². The lowest BCUT2D eigenvalue weighted by molar-refractivity contribution is -0.126. The molecule has 0 heterocycles. The lowest BCUT2D eigenvalue weighted by atomic mass is 10.0. The van der Waals surface area contributed by atoms with Crippen LogP contribution in [0.15, 0.2) is 0 Å². The van der Waals surface area contributed by atoms with Crippen LogP contribution in [0.25, 0.3) is 0 Å². The summed E-state index contributed by atoms with van der Waals surface area (Å²) < 4.78 is 14.4. The normalized spacial score (nSPS) is 16.7. The van der Waals surface area contributed by atoms with Gasteiger partial charge in [0, 0.05) is 6.92 Å². The lowest BCUT2D eigenvalue weighted by Crippen LogP contribution is -2.49. The molecular weight excluding hydrogens is 269 g/mol. The minimum Gasteiger partial charge on any atom is -0.390 e. The Kier molecular flexibility index (Phi) is 7.22. The lowest BCUT2D eigenvalue weighted by Gasteiger charge is -2.23. The molecule has 0 unspecified atom stereocenters. The Balaban J connectivity index is 4.22. The Morgan fingerprint density at radius 1 is 1.44 bits per heavy atom. The Bertz CT molecular complexity index is 329. The molecular formula is C8H16NO8P. The Labute approximate surface area is 103 Å². The molecule has 0 aliphatic rings. The number of phosphoric acid groups is 1. The van der Waals surface area contributed by atoms with E-state index in [1.165, 1.54) is 0 Å². The highest BCUT2D eigenvalue weighted by Gasteiger charge is 2.27. The maximum atomic E-state index is 10.7. The van der Waals surface area contributed by atoms with E-state index in [1.807, 2.05) is 0 Å². The van der Waals surface area contributed by atoms with Crippen molar-refractivity contribution in [2.24, 2.45) is 0 Å². The molecule has 10 heteroatoms. The number of hydrogen-bond acceptors (Lipinski definition) is 6. The zero-order chi connectivity index (χ0) is 14.3. The van der Waals surface area contributed by atoms with Gasteiger partial charge in [0.2, 0.25) is 5.91 Å². The van der Waals surface area contributed by atoms with E-state index >= 15 is 0 Å². The summed E-state index contributed by atoms with van der Waals surface area (Å²) in [5, 5.41) is 21.1. The van der Waals surface area contributed by atoms with Crippen molar-refractivity contribution in [2.75, 3.05) is 6.61 Å². The molecule has 9 nitrogen and oxygen atoms in total. The fourth-order valence-corrected chi connectivity index (χ4v) is 1.48. The standard InChI is InChI=1S/C8H16NO8P/c1-5(11)9-6(4-10)8(13)7(12)2-3-17-18(14,15)16/h4,6-8,12-13H,2-3H2,1H3,(H,9,11)(H2,14,15,16)/t6-,7-,8-/m1/s1. The molecule has 0 rings (SSSR count).